The van der Waals surface area contributed by atoms with E-state index in [0.717, 1.165) is 94.4 Å². The second-order valence-electron chi connectivity index (χ2n) is 17.3. The van der Waals surface area contributed by atoms with Crippen LogP contribution in [0.2, 0.25) is 0 Å². The minimum atomic E-state index is -0.854. The summed E-state index contributed by atoms with van der Waals surface area (Å²) >= 11 is 0. The third-order valence-electron chi connectivity index (χ3n) is 13.4. The maximum atomic E-state index is 14.0. The number of fused-ring (bicyclic) bond motifs is 1. The lowest BCUT2D eigenvalue weighted by atomic mass is 9.92. The number of alkyl carbamates (subject to hydrolysis) is 2. The van der Waals surface area contributed by atoms with Crippen LogP contribution in [0.3, 0.4) is 0 Å². The first kappa shape index (κ1) is 43.5. The third kappa shape index (κ3) is 9.54. The van der Waals surface area contributed by atoms with Crippen molar-refractivity contribution in [2.75, 3.05) is 40.5 Å². The van der Waals surface area contributed by atoms with E-state index in [9.17, 15) is 19.2 Å². The smallest absolute Gasteiger partial charge is 0.407 e. The highest BCUT2D eigenvalue weighted by atomic mass is 16.5. The van der Waals surface area contributed by atoms with Crippen molar-refractivity contribution >= 4 is 46.1 Å². The van der Waals surface area contributed by atoms with E-state index < -0.39 is 24.3 Å². The highest BCUT2D eigenvalue weighted by Gasteiger charge is 2.39. The Labute approximate surface area is 378 Å². The zero-order valence-corrected chi connectivity index (χ0v) is 36.8. The Bertz CT molecular complexity index is 2600. The van der Waals surface area contributed by atoms with E-state index >= 15 is 0 Å². The molecular formula is C51H55N7O7. The van der Waals surface area contributed by atoms with E-state index in [4.69, 9.17) is 24.2 Å². The number of carbonyl (C=O) groups is 4. The molecule has 4 atom stereocenters. The van der Waals surface area contributed by atoms with Gasteiger partial charge in [-0.15, -0.1) is 0 Å². The zero-order valence-electron chi connectivity index (χ0n) is 36.8. The van der Waals surface area contributed by atoms with Crippen LogP contribution in [0, 0.1) is 5.92 Å². The largest absolute Gasteiger partial charge is 0.453 e. The normalized spacial score (nSPS) is 19.7. The fourth-order valence-electron chi connectivity index (χ4n) is 9.86. The molecule has 14 nitrogen and oxygen atoms in total. The van der Waals surface area contributed by atoms with Crippen LogP contribution < -0.4 is 10.6 Å². The van der Waals surface area contributed by atoms with Gasteiger partial charge in [0.15, 0.2) is 0 Å². The molecule has 5 aromatic rings. The number of aromatic nitrogens is 2. The number of methoxy groups -OCH3 is 2. The number of H-pyrrole nitrogens is 1. The number of amides is 4. The molecule has 3 fully saturated rings. The number of benzene rings is 4. The summed E-state index contributed by atoms with van der Waals surface area (Å²) < 4.78 is 15.3. The molecule has 0 aliphatic carbocycles. The quantitative estimate of drug-likeness (QED) is 0.112. The Hall–Kier alpha value is -6.80. The monoisotopic (exact) mass is 877 g/mol. The van der Waals surface area contributed by atoms with Crippen molar-refractivity contribution in [1.29, 1.82) is 0 Å². The number of allylic oxidation sites excluding steroid dienone is 1. The molecule has 0 saturated carbocycles. The number of hydrogen-bond donors (Lipinski definition) is 3. The Morgan fingerprint density at radius 1 is 0.738 bits per heavy atom. The number of aromatic amines is 1. The van der Waals surface area contributed by atoms with Crippen LogP contribution in [0.15, 0.2) is 108 Å². The molecule has 4 amide bonds. The van der Waals surface area contributed by atoms with Gasteiger partial charge in [-0.05, 0) is 102 Å². The summed E-state index contributed by atoms with van der Waals surface area (Å²) in [5.74, 6) is 0.748. The lowest BCUT2D eigenvalue weighted by Gasteiger charge is -2.31. The van der Waals surface area contributed by atoms with Gasteiger partial charge in [0.25, 0.3) is 0 Å². The standard InChI is InChI=1S/C51H55N7O7/c1-63-50(61)55-42(26-32-20-24-65-25-21-32)48(59)58-23-7-11-45(58)47-53-31-43(54-47)39-19-18-37-27-36(16-17-38(37)28-39)33-12-14-34(15-13-33)40-29-41(52-30-40)44-10-6-22-57(44)49(60)46(56-51(62)64-2)35-8-4-3-5-9-35/h3-5,8-9,12-19,27-28,30-32,42,44-46H,6-7,10-11,20-26,29H2,1-2H3,(H,53,54)(H,55,61)(H,56,62)/t42-,44-,45-,46+/m0/s1. The number of nitrogens with one attached hydrogen (secondary N) is 3. The Morgan fingerprint density at radius 2 is 1.37 bits per heavy atom. The molecule has 4 aliphatic heterocycles. The molecule has 0 radical (unpaired) electrons. The number of hydrogen-bond acceptors (Lipinski definition) is 9. The number of imidazole rings is 1. The predicted octanol–water partition coefficient (Wildman–Crippen LogP) is 8.38. The first-order chi connectivity index (χ1) is 31.8. The molecule has 3 saturated heterocycles. The van der Waals surface area contributed by atoms with Crippen molar-refractivity contribution in [3.8, 4) is 22.4 Å². The van der Waals surface area contributed by atoms with E-state index in [1.165, 1.54) is 14.2 Å². The molecule has 0 spiro atoms. The van der Waals surface area contributed by atoms with Gasteiger partial charge in [0, 0.05) is 50.2 Å². The fourth-order valence-corrected chi connectivity index (χ4v) is 9.86. The average Bonchev–Trinajstić information content (AvgIpc) is 4.21. The van der Waals surface area contributed by atoms with Crippen LogP contribution in [-0.4, -0.2) is 102 Å². The van der Waals surface area contributed by atoms with E-state index in [1.54, 1.807) is 0 Å². The van der Waals surface area contributed by atoms with Gasteiger partial charge in [0.2, 0.25) is 11.8 Å². The predicted molar refractivity (Wildman–Crippen MR) is 248 cm³/mol. The third-order valence-corrected chi connectivity index (χ3v) is 13.4. The Kier molecular flexibility index (Phi) is 13.0. The molecule has 9 rings (SSSR count). The molecule has 4 aliphatic rings. The lowest BCUT2D eigenvalue weighted by Crippen LogP contribution is -2.49. The molecule has 5 heterocycles. The van der Waals surface area contributed by atoms with Gasteiger partial charge in [-0.2, -0.15) is 0 Å². The number of aliphatic imine (C=N–C) groups is 1. The minimum Gasteiger partial charge on any atom is -0.453 e. The highest BCUT2D eigenvalue weighted by molar-refractivity contribution is 6.04. The van der Waals surface area contributed by atoms with Gasteiger partial charge in [-0.3, -0.25) is 14.6 Å². The molecule has 0 unspecified atom stereocenters. The summed E-state index contributed by atoms with van der Waals surface area (Å²) in [5.41, 5.74) is 7.92. The van der Waals surface area contributed by atoms with Crippen LogP contribution in [0.1, 0.15) is 80.4 Å². The second-order valence-corrected chi connectivity index (χ2v) is 17.3. The second kappa shape index (κ2) is 19.5. The molecule has 14 heteroatoms. The Morgan fingerprint density at radius 3 is 2.09 bits per heavy atom. The summed E-state index contributed by atoms with van der Waals surface area (Å²) in [6.45, 7) is 2.52. The SMILES string of the molecule is COC(=O)N[C@@H](CC1CCOCC1)C(=O)N1CCC[C@H]1c1ncc(-c2ccc3cc(-c4ccc(C5=CN=C([C@@H]6CCCN6C(=O)[C@H](NC(=O)OC)c6ccccc6)C5)cc4)ccc3c2)[nH]1. The summed E-state index contributed by atoms with van der Waals surface area (Å²) in [6, 6.07) is 28.8. The molecule has 0 bridgehead atoms. The number of ether oxygens (including phenoxy) is 3. The van der Waals surface area contributed by atoms with Crippen molar-refractivity contribution in [2.45, 2.75) is 75.5 Å². The van der Waals surface area contributed by atoms with E-state index in [2.05, 4.69) is 76.3 Å². The highest BCUT2D eigenvalue weighted by Crippen LogP contribution is 2.36. The van der Waals surface area contributed by atoms with Gasteiger partial charge in [0.05, 0.1) is 38.2 Å². The van der Waals surface area contributed by atoms with Crippen molar-refractivity contribution in [3.05, 3.63) is 120 Å². The fraction of sp³-hybridized carbons (Fsp3) is 0.373. The van der Waals surface area contributed by atoms with Crippen LogP contribution in [-0.2, 0) is 23.8 Å². The maximum Gasteiger partial charge on any atom is 0.407 e. The number of rotatable bonds is 12. The van der Waals surface area contributed by atoms with Gasteiger partial charge < -0.3 is 39.6 Å². The average molecular weight is 878 g/mol. The topological polar surface area (TPSA) is 168 Å². The summed E-state index contributed by atoms with van der Waals surface area (Å²) in [7, 11) is 2.61. The summed E-state index contributed by atoms with van der Waals surface area (Å²) in [4.78, 5) is 69.4. The number of carbonyl (C=O) groups excluding carboxylic acids is 4. The zero-order chi connectivity index (χ0) is 44.9. The van der Waals surface area contributed by atoms with E-state index in [1.807, 2.05) is 52.5 Å². The van der Waals surface area contributed by atoms with E-state index in [0.29, 0.717) is 44.7 Å². The van der Waals surface area contributed by atoms with Crippen LogP contribution in [0.4, 0.5) is 9.59 Å². The summed E-state index contributed by atoms with van der Waals surface area (Å²) in [5, 5.41) is 7.76. The van der Waals surface area contributed by atoms with Gasteiger partial charge >= 0.3 is 12.2 Å². The van der Waals surface area contributed by atoms with E-state index in [-0.39, 0.29) is 29.8 Å². The Balaban J connectivity index is 0.838. The van der Waals surface area contributed by atoms with Crippen molar-refractivity contribution < 1.29 is 33.4 Å². The van der Waals surface area contributed by atoms with Gasteiger partial charge in [-0.25, -0.2) is 14.6 Å². The lowest BCUT2D eigenvalue weighted by molar-refractivity contribution is -0.135. The van der Waals surface area contributed by atoms with Crippen LogP contribution in [0.5, 0.6) is 0 Å². The molecule has 4 aromatic carbocycles. The molecule has 65 heavy (non-hydrogen) atoms. The molecule has 336 valence electrons. The number of nitrogens with zero attached hydrogens (tertiary/aromatic N) is 4. The molecule has 3 N–H and O–H groups in total. The number of likely N-dealkylation sites (tertiary alicyclic amines) is 2. The first-order valence-electron chi connectivity index (χ1n) is 22.6. The molecule has 1 aromatic heterocycles. The van der Waals surface area contributed by atoms with Crippen molar-refractivity contribution in [3.63, 3.8) is 0 Å². The first-order valence-corrected chi connectivity index (χ1v) is 22.6. The van der Waals surface area contributed by atoms with Crippen LogP contribution >= 0.6 is 0 Å². The molecular weight excluding hydrogens is 823 g/mol. The maximum absolute atomic E-state index is 14.0. The van der Waals surface area contributed by atoms with Crippen molar-refractivity contribution in [2.24, 2.45) is 10.9 Å². The van der Waals surface area contributed by atoms with Crippen molar-refractivity contribution in [1.82, 2.24) is 30.4 Å². The summed E-state index contributed by atoms with van der Waals surface area (Å²) in [6.07, 6.45) is 8.71. The minimum absolute atomic E-state index is 0.107. The van der Waals surface area contributed by atoms with Gasteiger partial charge in [0.1, 0.15) is 17.9 Å². The van der Waals surface area contributed by atoms with Crippen LogP contribution in [0.25, 0.3) is 38.7 Å². The van der Waals surface area contributed by atoms with Gasteiger partial charge in [-0.1, -0.05) is 78.9 Å².